The first-order chi connectivity index (χ1) is 20.5. The van der Waals surface area contributed by atoms with E-state index in [1.165, 1.54) is 0 Å². The van der Waals surface area contributed by atoms with Crippen molar-refractivity contribution in [1.29, 1.82) is 0 Å². The van der Waals surface area contributed by atoms with Crippen LogP contribution in [0.2, 0.25) is 0 Å². The molecule has 42 heavy (non-hydrogen) atoms. The minimum atomic E-state index is -0.123. The van der Waals surface area contributed by atoms with Crippen LogP contribution >= 0.6 is 0 Å². The molecule has 214 valence electrons. The number of hydrogen-bond acceptors (Lipinski definition) is 8. The van der Waals surface area contributed by atoms with Gasteiger partial charge in [-0.25, -0.2) is 9.78 Å². The predicted octanol–water partition coefficient (Wildman–Crippen LogP) is 2.82. The molecule has 0 unspecified atom stereocenters. The zero-order chi connectivity index (χ0) is 28.6. The van der Waals surface area contributed by atoms with E-state index in [9.17, 15) is 9.59 Å². The number of carbonyl (C=O) groups excluding carboxylic acids is 2. The highest BCUT2D eigenvalue weighted by Gasteiger charge is 2.26. The Bertz CT molecular complexity index is 1700. The van der Waals surface area contributed by atoms with Crippen LogP contribution in [0.25, 0.3) is 22.2 Å². The van der Waals surface area contributed by atoms with Crippen LogP contribution in [-0.4, -0.2) is 110 Å². The number of carbonyl (C=O) groups is 2. The Labute approximate surface area is 242 Å². The average molecular weight is 565 g/mol. The molecule has 0 aliphatic carbocycles. The molecule has 3 aliphatic rings. The number of aromatic nitrogens is 5. The van der Waals surface area contributed by atoms with Gasteiger partial charge in [-0.2, -0.15) is 0 Å². The van der Waals surface area contributed by atoms with Crippen molar-refractivity contribution in [2.45, 2.75) is 19.3 Å². The highest BCUT2D eigenvalue weighted by Crippen LogP contribution is 2.28. The molecule has 2 saturated heterocycles. The molecule has 12 heteroatoms. The number of aliphatic imine (C=N–C) groups is 1. The summed E-state index contributed by atoms with van der Waals surface area (Å²) in [4.78, 5) is 58.4. The maximum absolute atomic E-state index is 13.2. The SMILES string of the molecule is CN1CCN(C(=O)Nc2cncc(-c3cnc4c(c3)C(c3nc5c(C(=O)N6CCCC6)cncc5[nH]3)=NCC4)c2)CC1. The molecular weight excluding hydrogens is 532 g/mol. The van der Waals surface area contributed by atoms with Crippen LogP contribution in [0.5, 0.6) is 0 Å². The number of aromatic amines is 1. The van der Waals surface area contributed by atoms with E-state index in [0.29, 0.717) is 53.5 Å². The molecular formula is C30H32N10O2. The van der Waals surface area contributed by atoms with E-state index >= 15 is 0 Å². The number of likely N-dealkylation sites (N-methyl/N-ethyl adjacent to an activating group) is 1. The third-order valence-electron chi connectivity index (χ3n) is 8.20. The number of likely N-dealkylation sites (tertiary alicyclic amines) is 1. The molecule has 0 spiro atoms. The quantitative estimate of drug-likeness (QED) is 0.389. The molecule has 3 aliphatic heterocycles. The minimum absolute atomic E-state index is 0.0364. The van der Waals surface area contributed by atoms with Crippen molar-refractivity contribution in [1.82, 2.24) is 39.6 Å². The number of hydrogen-bond donors (Lipinski definition) is 2. The molecule has 7 heterocycles. The number of amides is 3. The number of H-pyrrole nitrogens is 1. The first-order valence-corrected chi connectivity index (χ1v) is 14.4. The summed E-state index contributed by atoms with van der Waals surface area (Å²) in [5.74, 6) is 0.547. The van der Waals surface area contributed by atoms with E-state index in [1.54, 1.807) is 24.8 Å². The number of nitrogens with zero attached hydrogens (tertiary/aromatic N) is 8. The lowest BCUT2D eigenvalue weighted by Crippen LogP contribution is -2.48. The van der Waals surface area contributed by atoms with Crippen LogP contribution in [0.3, 0.4) is 0 Å². The van der Waals surface area contributed by atoms with Crippen LogP contribution in [0.15, 0.2) is 48.1 Å². The Balaban J connectivity index is 1.17. The highest BCUT2D eigenvalue weighted by molar-refractivity contribution is 6.14. The minimum Gasteiger partial charge on any atom is -0.339 e. The lowest BCUT2D eigenvalue weighted by atomic mass is 9.98. The second-order valence-electron chi connectivity index (χ2n) is 11.0. The predicted molar refractivity (Wildman–Crippen MR) is 159 cm³/mol. The van der Waals surface area contributed by atoms with Crippen molar-refractivity contribution < 1.29 is 9.59 Å². The first-order valence-electron chi connectivity index (χ1n) is 14.4. The molecule has 0 atom stereocenters. The molecule has 0 aromatic carbocycles. The highest BCUT2D eigenvalue weighted by atomic mass is 16.2. The smallest absolute Gasteiger partial charge is 0.321 e. The number of imidazole rings is 1. The van der Waals surface area contributed by atoms with E-state index in [1.807, 2.05) is 28.1 Å². The summed E-state index contributed by atoms with van der Waals surface area (Å²) in [6, 6.07) is 3.83. The zero-order valence-electron chi connectivity index (χ0n) is 23.5. The number of pyridine rings is 3. The Kier molecular flexibility index (Phi) is 6.82. The summed E-state index contributed by atoms with van der Waals surface area (Å²) in [5, 5.41) is 2.99. The van der Waals surface area contributed by atoms with Crippen molar-refractivity contribution in [2.75, 3.05) is 58.2 Å². The molecule has 0 bridgehead atoms. The van der Waals surface area contributed by atoms with Gasteiger partial charge in [0.2, 0.25) is 0 Å². The van der Waals surface area contributed by atoms with Crippen LogP contribution in [0.1, 0.15) is 40.3 Å². The first kappa shape index (κ1) is 26.2. The maximum Gasteiger partial charge on any atom is 0.321 e. The van der Waals surface area contributed by atoms with Crippen LogP contribution in [0, 0.1) is 0 Å². The summed E-state index contributed by atoms with van der Waals surface area (Å²) in [6.45, 7) is 5.21. The van der Waals surface area contributed by atoms with E-state index in [-0.39, 0.29) is 11.9 Å². The normalized spacial score (nSPS) is 17.3. The number of nitrogens with one attached hydrogen (secondary N) is 2. The van der Waals surface area contributed by atoms with Gasteiger partial charge in [0.05, 0.1) is 34.9 Å². The van der Waals surface area contributed by atoms with E-state index in [0.717, 1.165) is 67.8 Å². The summed E-state index contributed by atoms with van der Waals surface area (Å²) in [6.07, 6.45) is 11.3. The van der Waals surface area contributed by atoms with E-state index < -0.39 is 0 Å². The molecule has 7 rings (SSSR count). The van der Waals surface area contributed by atoms with Crippen LogP contribution < -0.4 is 5.32 Å². The van der Waals surface area contributed by atoms with Gasteiger partial charge in [-0.15, -0.1) is 0 Å². The van der Waals surface area contributed by atoms with Crippen LogP contribution in [0.4, 0.5) is 10.5 Å². The number of anilines is 1. The molecule has 3 amide bonds. The Morgan fingerprint density at radius 3 is 2.50 bits per heavy atom. The number of urea groups is 1. The molecule has 4 aromatic rings. The Morgan fingerprint density at radius 2 is 1.67 bits per heavy atom. The fourth-order valence-electron chi connectivity index (χ4n) is 5.79. The standard InChI is InChI=1S/C30H32N10O2/c1-38-8-10-40(11-9-38)30(42)35-21-12-19(14-31-16-21)20-13-22-24(34-15-20)4-5-33-27(22)28-36-25-18-32-17-23(26(25)37-28)29(41)39-6-2-3-7-39/h12-18H,2-11H2,1H3,(H,35,42)(H,36,37). The molecule has 2 N–H and O–H groups in total. The van der Waals surface area contributed by atoms with Crippen molar-refractivity contribution >= 4 is 34.4 Å². The van der Waals surface area contributed by atoms with Gasteiger partial charge in [-0.1, -0.05) is 0 Å². The molecule has 12 nitrogen and oxygen atoms in total. The zero-order valence-corrected chi connectivity index (χ0v) is 23.5. The van der Waals surface area contributed by atoms with Gasteiger partial charge in [0.1, 0.15) is 11.2 Å². The Hall–Kier alpha value is -4.71. The summed E-state index contributed by atoms with van der Waals surface area (Å²) in [5.41, 5.74) is 6.63. The van der Waals surface area contributed by atoms with Gasteiger partial charge in [0.25, 0.3) is 5.91 Å². The van der Waals surface area contributed by atoms with Crippen LogP contribution in [-0.2, 0) is 6.42 Å². The molecule has 0 saturated carbocycles. The van der Waals surface area contributed by atoms with Crippen molar-refractivity contribution in [2.24, 2.45) is 4.99 Å². The topological polar surface area (TPSA) is 136 Å². The molecule has 4 aromatic heterocycles. The van der Waals surface area contributed by atoms with Gasteiger partial charge in [-0.05, 0) is 32.0 Å². The second-order valence-corrected chi connectivity index (χ2v) is 11.0. The summed E-state index contributed by atoms with van der Waals surface area (Å²) in [7, 11) is 2.06. The fraction of sp³-hybridized carbons (Fsp3) is 0.367. The maximum atomic E-state index is 13.2. The van der Waals surface area contributed by atoms with Crippen molar-refractivity contribution in [3.63, 3.8) is 0 Å². The summed E-state index contributed by atoms with van der Waals surface area (Å²) >= 11 is 0. The number of piperazine rings is 1. The lowest BCUT2D eigenvalue weighted by Gasteiger charge is -2.32. The molecule has 0 radical (unpaired) electrons. The number of fused-ring (bicyclic) bond motifs is 2. The van der Waals surface area contributed by atoms with Gasteiger partial charge in [0, 0.05) is 87.5 Å². The second kappa shape index (κ2) is 10.9. The summed E-state index contributed by atoms with van der Waals surface area (Å²) < 4.78 is 0. The number of rotatable bonds is 4. The fourth-order valence-corrected chi connectivity index (χ4v) is 5.79. The van der Waals surface area contributed by atoms with Crippen molar-refractivity contribution in [3.05, 3.63) is 65.8 Å². The largest absolute Gasteiger partial charge is 0.339 e. The average Bonchev–Trinajstić information content (AvgIpc) is 3.71. The lowest BCUT2D eigenvalue weighted by molar-refractivity contribution is 0.0794. The van der Waals surface area contributed by atoms with Gasteiger partial charge < -0.3 is 25.0 Å². The van der Waals surface area contributed by atoms with Gasteiger partial charge in [-0.3, -0.25) is 24.7 Å². The van der Waals surface area contributed by atoms with E-state index in [4.69, 9.17) is 15.0 Å². The third-order valence-corrected chi connectivity index (χ3v) is 8.20. The monoisotopic (exact) mass is 564 g/mol. The van der Waals surface area contributed by atoms with Crippen molar-refractivity contribution in [3.8, 4) is 11.1 Å². The van der Waals surface area contributed by atoms with Gasteiger partial charge >= 0.3 is 6.03 Å². The van der Waals surface area contributed by atoms with E-state index in [2.05, 4.69) is 32.2 Å². The van der Waals surface area contributed by atoms with Gasteiger partial charge in [0.15, 0.2) is 5.82 Å². The molecule has 2 fully saturated rings. The Morgan fingerprint density at radius 1 is 0.881 bits per heavy atom. The third kappa shape index (κ3) is 4.98.